The molecule has 1 aromatic heterocycles. The van der Waals surface area contributed by atoms with Crippen LogP contribution in [-0.4, -0.2) is 30.3 Å². The van der Waals surface area contributed by atoms with Gasteiger partial charge in [-0.3, -0.25) is 4.79 Å². The van der Waals surface area contributed by atoms with E-state index >= 15 is 0 Å². The molecular formula is C23H22N2O5. The lowest BCUT2D eigenvalue weighted by atomic mass is 10.2. The van der Waals surface area contributed by atoms with E-state index in [1.165, 1.54) is 6.07 Å². The lowest BCUT2D eigenvalue weighted by Gasteiger charge is -2.13. The van der Waals surface area contributed by atoms with Gasteiger partial charge in [0.25, 0.3) is 5.91 Å². The van der Waals surface area contributed by atoms with Crippen LogP contribution < -0.4 is 14.8 Å². The van der Waals surface area contributed by atoms with Crippen molar-refractivity contribution in [3.05, 3.63) is 83.3 Å². The molecule has 0 fully saturated rings. The number of furan rings is 1. The molecule has 3 rings (SSSR count). The van der Waals surface area contributed by atoms with Gasteiger partial charge in [0, 0.05) is 6.54 Å². The number of hydrogen-bond donors (Lipinski definition) is 2. The summed E-state index contributed by atoms with van der Waals surface area (Å²) in [7, 11) is 0. The number of aliphatic hydroxyl groups is 1. The number of nitrogens with zero attached hydrogens (tertiary/aromatic N) is 1. The Morgan fingerprint density at radius 3 is 2.80 bits per heavy atom. The van der Waals surface area contributed by atoms with Crippen molar-refractivity contribution in [3.8, 4) is 17.6 Å². The summed E-state index contributed by atoms with van der Waals surface area (Å²) in [6.45, 7) is 2.11. The first kappa shape index (κ1) is 21.0. The average molecular weight is 406 g/mol. The van der Waals surface area contributed by atoms with E-state index in [4.69, 9.17) is 19.2 Å². The molecule has 0 bridgehead atoms. The quantitative estimate of drug-likeness (QED) is 0.565. The van der Waals surface area contributed by atoms with Crippen molar-refractivity contribution in [1.29, 1.82) is 5.26 Å². The molecule has 0 saturated carbocycles. The minimum atomic E-state index is -0.866. The van der Waals surface area contributed by atoms with E-state index in [0.29, 0.717) is 22.8 Å². The van der Waals surface area contributed by atoms with Gasteiger partial charge in [-0.15, -0.1) is 0 Å². The Bertz CT molecular complexity index is 1040. The summed E-state index contributed by atoms with van der Waals surface area (Å²) >= 11 is 0. The van der Waals surface area contributed by atoms with Crippen molar-refractivity contribution < 1.29 is 23.8 Å². The van der Waals surface area contributed by atoms with Crippen molar-refractivity contribution in [2.24, 2.45) is 0 Å². The SMILES string of the molecule is Cc1cccc(OCC(O)CNC(=O)c2ccc(COc3ccccc3C#N)o2)c1. The number of para-hydroxylation sites is 1. The van der Waals surface area contributed by atoms with Crippen molar-refractivity contribution in [2.75, 3.05) is 13.2 Å². The normalized spacial score (nSPS) is 11.4. The first-order chi connectivity index (χ1) is 14.5. The maximum Gasteiger partial charge on any atom is 0.287 e. The van der Waals surface area contributed by atoms with Gasteiger partial charge in [-0.05, 0) is 48.9 Å². The fraction of sp³-hybridized carbons (Fsp3) is 0.217. The number of benzene rings is 2. The Hall–Kier alpha value is -3.76. The zero-order valence-electron chi connectivity index (χ0n) is 16.5. The van der Waals surface area contributed by atoms with Gasteiger partial charge in [0.2, 0.25) is 0 Å². The fourth-order valence-electron chi connectivity index (χ4n) is 2.67. The molecule has 2 N–H and O–H groups in total. The Morgan fingerprint density at radius 1 is 1.17 bits per heavy atom. The zero-order chi connectivity index (χ0) is 21.3. The molecule has 0 spiro atoms. The number of ether oxygens (including phenoxy) is 2. The molecule has 0 radical (unpaired) electrons. The molecule has 30 heavy (non-hydrogen) atoms. The number of amides is 1. The van der Waals surface area contributed by atoms with Gasteiger partial charge in [-0.1, -0.05) is 24.3 Å². The summed E-state index contributed by atoms with van der Waals surface area (Å²) in [5.74, 6) is 1.20. The van der Waals surface area contributed by atoms with Gasteiger partial charge in [-0.25, -0.2) is 0 Å². The van der Waals surface area contributed by atoms with E-state index < -0.39 is 12.0 Å². The average Bonchev–Trinajstić information content (AvgIpc) is 3.24. The van der Waals surface area contributed by atoms with Crippen molar-refractivity contribution in [2.45, 2.75) is 19.6 Å². The Kier molecular flexibility index (Phi) is 7.09. The van der Waals surface area contributed by atoms with E-state index in [-0.39, 0.29) is 25.5 Å². The Balaban J connectivity index is 1.44. The first-order valence-electron chi connectivity index (χ1n) is 9.41. The van der Waals surface area contributed by atoms with Crippen molar-refractivity contribution >= 4 is 5.91 Å². The molecule has 1 heterocycles. The molecule has 1 unspecified atom stereocenters. The molecule has 0 aliphatic carbocycles. The van der Waals surface area contributed by atoms with Crippen LogP contribution in [0.25, 0.3) is 0 Å². The molecule has 3 aromatic rings. The maximum atomic E-state index is 12.2. The largest absolute Gasteiger partial charge is 0.491 e. The third-order valence-corrected chi connectivity index (χ3v) is 4.19. The van der Waals surface area contributed by atoms with E-state index in [9.17, 15) is 9.90 Å². The molecule has 1 atom stereocenters. The second-order valence-corrected chi connectivity index (χ2v) is 6.65. The number of rotatable bonds is 9. The Labute approximate surface area is 174 Å². The topological polar surface area (TPSA) is 105 Å². The molecule has 0 aliphatic heterocycles. The minimum absolute atomic E-state index is 0.0206. The van der Waals surface area contributed by atoms with Crippen LogP contribution in [0.5, 0.6) is 11.5 Å². The van der Waals surface area contributed by atoms with Gasteiger partial charge in [-0.2, -0.15) is 5.26 Å². The van der Waals surface area contributed by atoms with Crippen LogP contribution in [0.2, 0.25) is 0 Å². The summed E-state index contributed by atoms with van der Waals surface area (Å²) in [6, 6.07) is 19.6. The lowest BCUT2D eigenvalue weighted by molar-refractivity contribution is 0.0819. The van der Waals surface area contributed by atoms with Crippen LogP contribution in [0, 0.1) is 18.3 Å². The molecule has 7 nitrogen and oxygen atoms in total. The summed E-state index contributed by atoms with van der Waals surface area (Å²) in [4.78, 5) is 12.2. The van der Waals surface area contributed by atoms with Crippen LogP contribution in [0.3, 0.4) is 0 Å². The first-order valence-corrected chi connectivity index (χ1v) is 9.41. The maximum absolute atomic E-state index is 12.2. The number of nitriles is 1. The summed E-state index contributed by atoms with van der Waals surface area (Å²) < 4.78 is 16.6. The van der Waals surface area contributed by atoms with Gasteiger partial charge in [0.15, 0.2) is 5.76 Å². The summed E-state index contributed by atoms with van der Waals surface area (Å²) in [6.07, 6.45) is -0.866. The third-order valence-electron chi connectivity index (χ3n) is 4.19. The van der Waals surface area contributed by atoms with Gasteiger partial charge >= 0.3 is 0 Å². The predicted molar refractivity (Wildman–Crippen MR) is 109 cm³/mol. The van der Waals surface area contributed by atoms with Crippen LogP contribution >= 0.6 is 0 Å². The molecule has 154 valence electrons. The van der Waals surface area contributed by atoms with Crippen molar-refractivity contribution in [3.63, 3.8) is 0 Å². The smallest absolute Gasteiger partial charge is 0.287 e. The van der Waals surface area contributed by atoms with E-state index in [2.05, 4.69) is 11.4 Å². The molecular weight excluding hydrogens is 384 g/mol. The summed E-state index contributed by atoms with van der Waals surface area (Å²) in [5, 5.41) is 21.7. The van der Waals surface area contributed by atoms with E-state index in [1.807, 2.05) is 25.1 Å². The number of hydrogen-bond acceptors (Lipinski definition) is 6. The van der Waals surface area contributed by atoms with Crippen LogP contribution in [0.4, 0.5) is 0 Å². The number of aryl methyl sites for hydroxylation is 1. The van der Waals surface area contributed by atoms with Crippen LogP contribution in [0.1, 0.15) is 27.4 Å². The van der Waals surface area contributed by atoms with Crippen molar-refractivity contribution in [1.82, 2.24) is 5.32 Å². The highest BCUT2D eigenvalue weighted by Crippen LogP contribution is 2.19. The van der Waals surface area contributed by atoms with Crippen LogP contribution in [-0.2, 0) is 6.61 Å². The highest BCUT2D eigenvalue weighted by molar-refractivity contribution is 5.91. The minimum Gasteiger partial charge on any atom is -0.491 e. The molecule has 0 aliphatic rings. The second-order valence-electron chi connectivity index (χ2n) is 6.65. The molecule has 7 heteroatoms. The fourth-order valence-corrected chi connectivity index (χ4v) is 2.67. The van der Waals surface area contributed by atoms with E-state index in [1.54, 1.807) is 36.4 Å². The molecule has 2 aromatic carbocycles. The zero-order valence-corrected chi connectivity index (χ0v) is 16.5. The second kappa shape index (κ2) is 10.1. The van der Waals surface area contributed by atoms with Gasteiger partial charge < -0.3 is 24.3 Å². The number of carbonyl (C=O) groups is 1. The third kappa shape index (κ3) is 5.87. The Morgan fingerprint density at radius 2 is 2.00 bits per heavy atom. The van der Waals surface area contributed by atoms with Crippen LogP contribution in [0.15, 0.2) is 65.1 Å². The van der Waals surface area contributed by atoms with Gasteiger partial charge in [0.1, 0.15) is 42.6 Å². The standard InChI is InChI=1S/C23H22N2O5/c1-16-5-4-7-19(11-16)28-14-18(26)13-25-23(27)22-10-9-20(30-22)15-29-21-8-3-2-6-17(21)12-24/h2-11,18,26H,13-15H2,1H3,(H,25,27). The van der Waals surface area contributed by atoms with E-state index in [0.717, 1.165) is 5.56 Å². The predicted octanol–water partition coefficient (Wildman–Crippen LogP) is 3.21. The molecule has 1 amide bonds. The van der Waals surface area contributed by atoms with Gasteiger partial charge in [0.05, 0.1) is 5.56 Å². The number of nitrogens with one attached hydrogen (secondary N) is 1. The molecule has 0 saturated heterocycles. The lowest BCUT2D eigenvalue weighted by Crippen LogP contribution is -2.35. The highest BCUT2D eigenvalue weighted by atomic mass is 16.5. The highest BCUT2D eigenvalue weighted by Gasteiger charge is 2.14. The monoisotopic (exact) mass is 406 g/mol. The summed E-state index contributed by atoms with van der Waals surface area (Å²) in [5.41, 5.74) is 1.48. The number of aliphatic hydroxyl groups excluding tert-OH is 1. The number of carbonyl (C=O) groups excluding carboxylic acids is 1.